The highest BCUT2D eigenvalue weighted by Gasteiger charge is 2.17. The molecule has 1 heterocycles. The molecule has 0 aliphatic carbocycles. The number of hydrogen-bond donors (Lipinski definition) is 1. The summed E-state index contributed by atoms with van der Waals surface area (Å²) in [5.74, 6) is 0. The largest absolute Gasteiger partial charge is 0.305 e. The van der Waals surface area contributed by atoms with Crippen molar-refractivity contribution in [3.63, 3.8) is 0 Å². The van der Waals surface area contributed by atoms with E-state index in [4.69, 9.17) is 23.2 Å². The van der Waals surface area contributed by atoms with Crippen LogP contribution in [-0.2, 0) is 6.54 Å². The van der Waals surface area contributed by atoms with Gasteiger partial charge in [-0.05, 0) is 43.3 Å². The summed E-state index contributed by atoms with van der Waals surface area (Å²) in [6, 6.07) is 7.68. The van der Waals surface area contributed by atoms with Crippen LogP contribution in [-0.4, -0.2) is 16.3 Å². The lowest BCUT2D eigenvalue weighted by Gasteiger charge is -2.20. The molecule has 1 N–H and O–H groups in total. The van der Waals surface area contributed by atoms with E-state index in [1.807, 2.05) is 29.1 Å². The zero-order valence-corrected chi connectivity index (χ0v) is 12.5. The standard InChI is InChI=1S/C14H17Cl2N3/c1-3-17-14(13-5-6-18-19(13)4-2)10-7-11(15)9-12(16)8-10/h5-9,14,17H,3-4H2,1-2H3. The Morgan fingerprint density at radius 2 is 1.89 bits per heavy atom. The first kappa shape index (κ1) is 14.4. The highest BCUT2D eigenvalue weighted by molar-refractivity contribution is 6.34. The molecule has 102 valence electrons. The van der Waals surface area contributed by atoms with Crippen molar-refractivity contribution in [2.45, 2.75) is 26.4 Å². The number of rotatable bonds is 5. The maximum Gasteiger partial charge on any atom is 0.0749 e. The lowest BCUT2D eigenvalue weighted by molar-refractivity contribution is 0.542. The quantitative estimate of drug-likeness (QED) is 0.907. The lowest BCUT2D eigenvalue weighted by Crippen LogP contribution is -2.24. The molecule has 0 saturated carbocycles. The fourth-order valence-electron chi connectivity index (χ4n) is 2.19. The van der Waals surface area contributed by atoms with Crippen molar-refractivity contribution in [3.8, 4) is 0 Å². The number of nitrogens with one attached hydrogen (secondary N) is 1. The highest BCUT2D eigenvalue weighted by atomic mass is 35.5. The Bertz CT molecular complexity index is 531. The smallest absolute Gasteiger partial charge is 0.0749 e. The molecule has 0 aliphatic heterocycles. The first-order chi connectivity index (χ1) is 9.15. The van der Waals surface area contributed by atoms with Gasteiger partial charge in [0.1, 0.15) is 0 Å². The maximum absolute atomic E-state index is 6.09. The number of benzene rings is 1. The SMILES string of the molecule is CCNC(c1cc(Cl)cc(Cl)c1)c1ccnn1CC. The average molecular weight is 298 g/mol. The number of nitrogens with zero attached hydrogens (tertiary/aromatic N) is 2. The summed E-state index contributed by atoms with van der Waals surface area (Å²) in [4.78, 5) is 0. The molecule has 19 heavy (non-hydrogen) atoms. The fraction of sp³-hybridized carbons (Fsp3) is 0.357. The summed E-state index contributed by atoms with van der Waals surface area (Å²) < 4.78 is 1.97. The minimum absolute atomic E-state index is 0.0450. The molecule has 2 aromatic rings. The van der Waals surface area contributed by atoms with Crippen molar-refractivity contribution in [2.75, 3.05) is 6.54 Å². The van der Waals surface area contributed by atoms with E-state index in [2.05, 4.69) is 24.3 Å². The van der Waals surface area contributed by atoms with E-state index in [9.17, 15) is 0 Å². The van der Waals surface area contributed by atoms with E-state index in [-0.39, 0.29) is 6.04 Å². The predicted octanol–water partition coefficient (Wildman–Crippen LogP) is 3.91. The number of halogens is 2. The highest BCUT2D eigenvalue weighted by Crippen LogP contribution is 2.27. The van der Waals surface area contributed by atoms with Gasteiger partial charge in [0.05, 0.1) is 11.7 Å². The molecule has 1 aromatic carbocycles. The van der Waals surface area contributed by atoms with Gasteiger partial charge >= 0.3 is 0 Å². The summed E-state index contributed by atoms with van der Waals surface area (Å²) >= 11 is 12.2. The van der Waals surface area contributed by atoms with Crippen LogP contribution in [0.2, 0.25) is 10.0 Å². The van der Waals surface area contributed by atoms with Gasteiger partial charge in [-0.25, -0.2) is 0 Å². The zero-order valence-electron chi connectivity index (χ0n) is 11.0. The predicted molar refractivity (Wildman–Crippen MR) is 79.9 cm³/mol. The lowest BCUT2D eigenvalue weighted by atomic mass is 10.0. The molecule has 2 rings (SSSR count). The van der Waals surface area contributed by atoms with Gasteiger partial charge in [0.2, 0.25) is 0 Å². The van der Waals surface area contributed by atoms with Gasteiger partial charge in [0, 0.05) is 22.8 Å². The van der Waals surface area contributed by atoms with Gasteiger partial charge in [0.25, 0.3) is 0 Å². The summed E-state index contributed by atoms with van der Waals surface area (Å²) in [6.45, 7) is 5.83. The summed E-state index contributed by atoms with van der Waals surface area (Å²) in [7, 11) is 0. The van der Waals surface area contributed by atoms with Crippen LogP contribution >= 0.6 is 23.2 Å². The van der Waals surface area contributed by atoms with Gasteiger partial charge in [-0.3, -0.25) is 4.68 Å². The van der Waals surface area contributed by atoms with Gasteiger partial charge < -0.3 is 5.32 Å². The van der Waals surface area contributed by atoms with E-state index >= 15 is 0 Å². The molecule has 0 saturated heterocycles. The number of hydrogen-bond acceptors (Lipinski definition) is 2. The molecule has 1 atom stereocenters. The molecule has 0 spiro atoms. The zero-order chi connectivity index (χ0) is 13.8. The third-order valence-electron chi connectivity index (χ3n) is 2.97. The summed E-state index contributed by atoms with van der Waals surface area (Å²) in [5, 5.41) is 9.06. The van der Waals surface area contributed by atoms with Gasteiger partial charge in [-0.15, -0.1) is 0 Å². The number of aryl methyl sites for hydroxylation is 1. The van der Waals surface area contributed by atoms with E-state index in [1.54, 1.807) is 6.07 Å². The normalized spacial score (nSPS) is 12.6. The Labute approximate surface area is 123 Å². The third-order valence-corrected chi connectivity index (χ3v) is 3.41. The molecule has 0 fully saturated rings. The van der Waals surface area contributed by atoms with E-state index in [0.717, 1.165) is 24.3 Å². The van der Waals surface area contributed by atoms with E-state index in [1.165, 1.54) is 0 Å². The van der Waals surface area contributed by atoms with Crippen molar-refractivity contribution < 1.29 is 0 Å². The Morgan fingerprint density at radius 3 is 2.47 bits per heavy atom. The Kier molecular flexibility index (Phi) is 4.86. The van der Waals surface area contributed by atoms with Gasteiger partial charge in [-0.2, -0.15) is 5.10 Å². The molecule has 0 aliphatic rings. The Balaban J connectivity index is 2.45. The van der Waals surface area contributed by atoms with Crippen LogP contribution in [0.3, 0.4) is 0 Å². The van der Waals surface area contributed by atoms with Crippen LogP contribution in [0.25, 0.3) is 0 Å². The van der Waals surface area contributed by atoms with Crippen LogP contribution in [0.4, 0.5) is 0 Å². The first-order valence-corrected chi connectivity index (χ1v) is 7.12. The molecular formula is C14H17Cl2N3. The Hall–Kier alpha value is -1.03. The second-order valence-corrected chi connectivity index (χ2v) is 5.14. The summed E-state index contributed by atoms with van der Waals surface area (Å²) in [6.07, 6.45) is 1.81. The van der Waals surface area contributed by atoms with Crippen LogP contribution in [0.1, 0.15) is 31.1 Å². The minimum Gasteiger partial charge on any atom is -0.305 e. The van der Waals surface area contributed by atoms with Crippen LogP contribution in [0.15, 0.2) is 30.5 Å². The topological polar surface area (TPSA) is 29.9 Å². The minimum atomic E-state index is 0.0450. The number of aromatic nitrogens is 2. The first-order valence-electron chi connectivity index (χ1n) is 6.36. The van der Waals surface area contributed by atoms with Gasteiger partial charge in [0.15, 0.2) is 0 Å². The van der Waals surface area contributed by atoms with Crippen molar-refractivity contribution >= 4 is 23.2 Å². The molecule has 0 bridgehead atoms. The molecule has 1 unspecified atom stereocenters. The second kappa shape index (κ2) is 6.42. The van der Waals surface area contributed by atoms with Crippen LogP contribution in [0.5, 0.6) is 0 Å². The van der Waals surface area contributed by atoms with E-state index < -0.39 is 0 Å². The fourth-order valence-corrected chi connectivity index (χ4v) is 2.73. The molecule has 5 heteroatoms. The van der Waals surface area contributed by atoms with Crippen LogP contribution in [0, 0.1) is 0 Å². The molecule has 1 aromatic heterocycles. The van der Waals surface area contributed by atoms with Crippen molar-refractivity contribution in [3.05, 3.63) is 51.8 Å². The third kappa shape index (κ3) is 3.30. The van der Waals surface area contributed by atoms with Crippen molar-refractivity contribution in [1.82, 2.24) is 15.1 Å². The molecule has 0 amide bonds. The molecule has 3 nitrogen and oxygen atoms in total. The Morgan fingerprint density at radius 1 is 1.21 bits per heavy atom. The molecular weight excluding hydrogens is 281 g/mol. The van der Waals surface area contributed by atoms with Crippen molar-refractivity contribution in [2.24, 2.45) is 0 Å². The average Bonchev–Trinajstić information content (AvgIpc) is 2.82. The second-order valence-electron chi connectivity index (χ2n) is 4.27. The maximum atomic E-state index is 6.09. The van der Waals surface area contributed by atoms with Gasteiger partial charge in [-0.1, -0.05) is 30.1 Å². The van der Waals surface area contributed by atoms with Crippen LogP contribution < -0.4 is 5.32 Å². The van der Waals surface area contributed by atoms with E-state index in [0.29, 0.717) is 10.0 Å². The van der Waals surface area contributed by atoms with Crippen molar-refractivity contribution in [1.29, 1.82) is 0 Å². The molecule has 0 radical (unpaired) electrons. The summed E-state index contributed by atoms with van der Waals surface area (Å²) in [5.41, 5.74) is 2.16. The monoisotopic (exact) mass is 297 g/mol.